The van der Waals surface area contributed by atoms with Crippen LogP contribution in [0.2, 0.25) is 0 Å². The van der Waals surface area contributed by atoms with Crippen molar-refractivity contribution < 1.29 is 4.79 Å². The highest BCUT2D eigenvalue weighted by Gasteiger charge is 2.14. The van der Waals surface area contributed by atoms with E-state index in [9.17, 15) is 9.59 Å². The predicted octanol–water partition coefficient (Wildman–Crippen LogP) is 4.14. The van der Waals surface area contributed by atoms with Crippen LogP contribution in [0.5, 0.6) is 0 Å². The number of pyridine rings is 1. The number of rotatable bonds is 5. The van der Waals surface area contributed by atoms with E-state index in [1.54, 1.807) is 22.9 Å². The maximum absolute atomic E-state index is 12.8. The Labute approximate surface area is 170 Å². The minimum Gasteiger partial charge on any atom is -0.372 e. The van der Waals surface area contributed by atoms with Crippen LogP contribution in [-0.4, -0.2) is 23.6 Å². The summed E-state index contributed by atoms with van der Waals surface area (Å²) < 4.78 is 1.56. The van der Waals surface area contributed by atoms with E-state index in [2.05, 4.69) is 10.2 Å². The van der Waals surface area contributed by atoms with Gasteiger partial charge < -0.3 is 14.8 Å². The minimum absolute atomic E-state index is 0.142. The highest BCUT2D eigenvalue weighted by atomic mass is 16.2. The Bertz CT molecular complexity index is 1020. The first-order valence-electron chi connectivity index (χ1n) is 10.1. The van der Waals surface area contributed by atoms with E-state index >= 15 is 0 Å². The van der Waals surface area contributed by atoms with Gasteiger partial charge in [-0.3, -0.25) is 9.59 Å². The zero-order chi connectivity index (χ0) is 20.1. The Hall–Kier alpha value is -3.34. The van der Waals surface area contributed by atoms with E-state index in [-0.39, 0.29) is 17.0 Å². The van der Waals surface area contributed by atoms with Crippen molar-refractivity contribution in [3.8, 4) is 0 Å². The van der Waals surface area contributed by atoms with Gasteiger partial charge in [-0.25, -0.2) is 0 Å². The molecule has 1 aromatic heterocycles. The van der Waals surface area contributed by atoms with Crippen molar-refractivity contribution in [1.29, 1.82) is 0 Å². The smallest absolute Gasteiger partial charge is 0.263 e. The molecule has 0 bridgehead atoms. The molecule has 0 atom stereocenters. The van der Waals surface area contributed by atoms with Gasteiger partial charge in [-0.2, -0.15) is 0 Å². The molecule has 1 N–H and O–H groups in total. The average molecular weight is 387 g/mol. The average Bonchev–Trinajstić information content (AvgIpc) is 2.77. The Morgan fingerprint density at radius 3 is 2.31 bits per heavy atom. The molecule has 1 aliphatic heterocycles. The van der Waals surface area contributed by atoms with Gasteiger partial charge in [0.2, 0.25) is 0 Å². The molecule has 5 heteroatoms. The lowest BCUT2D eigenvalue weighted by molar-refractivity contribution is 0.102. The van der Waals surface area contributed by atoms with Gasteiger partial charge in [0.1, 0.15) is 5.56 Å². The lowest BCUT2D eigenvalue weighted by Crippen LogP contribution is -2.29. The zero-order valence-electron chi connectivity index (χ0n) is 16.4. The Morgan fingerprint density at radius 2 is 1.59 bits per heavy atom. The van der Waals surface area contributed by atoms with E-state index in [0.29, 0.717) is 12.2 Å². The SMILES string of the molecule is O=C(Nc1ccc(N2CCCCC2)cc1)c1cccn(Cc2ccccc2)c1=O. The first-order valence-corrected chi connectivity index (χ1v) is 10.1. The van der Waals surface area contributed by atoms with E-state index in [0.717, 1.165) is 18.7 Å². The van der Waals surface area contributed by atoms with Gasteiger partial charge >= 0.3 is 0 Å². The summed E-state index contributed by atoms with van der Waals surface area (Å²) in [5.41, 5.74) is 2.73. The number of nitrogens with zero attached hydrogens (tertiary/aromatic N) is 2. The third kappa shape index (κ3) is 4.57. The van der Waals surface area contributed by atoms with Crippen molar-refractivity contribution in [2.45, 2.75) is 25.8 Å². The fourth-order valence-corrected chi connectivity index (χ4v) is 3.72. The number of aromatic nitrogens is 1. The number of anilines is 2. The summed E-state index contributed by atoms with van der Waals surface area (Å²) in [4.78, 5) is 27.8. The van der Waals surface area contributed by atoms with Gasteiger partial charge in [0.25, 0.3) is 11.5 Å². The van der Waals surface area contributed by atoms with Crippen LogP contribution in [0.1, 0.15) is 35.2 Å². The van der Waals surface area contributed by atoms with Gasteiger partial charge in [0.15, 0.2) is 0 Å². The van der Waals surface area contributed by atoms with Gasteiger partial charge in [0.05, 0.1) is 6.54 Å². The maximum Gasteiger partial charge on any atom is 0.263 e. The normalized spacial score (nSPS) is 13.9. The third-order valence-corrected chi connectivity index (χ3v) is 5.31. The minimum atomic E-state index is -0.386. The molecule has 5 nitrogen and oxygen atoms in total. The summed E-state index contributed by atoms with van der Waals surface area (Å²) in [5.74, 6) is -0.386. The highest BCUT2D eigenvalue weighted by Crippen LogP contribution is 2.22. The van der Waals surface area contributed by atoms with E-state index in [1.165, 1.54) is 24.9 Å². The summed E-state index contributed by atoms with van der Waals surface area (Å²) >= 11 is 0. The first kappa shape index (κ1) is 19.0. The molecule has 1 saturated heterocycles. The molecular formula is C24H25N3O2. The highest BCUT2D eigenvalue weighted by molar-refractivity contribution is 6.04. The van der Waals surface area contributed by atoms with Crippen molar-refractivity contribution in [2.24, 2.45) is 0 Å². The van der Waals surface area contributed by atoms with Gasteiger partial charge in [-0.1, -0.05) is 30.3 Å². The van der Waals surface area contributed by atoms with E-state index < -0.39 is 0 Å². The van der Waals surface area contributed by atoms with Gasteiger partial charge in [-0.05, 0) is 61.2 Å². The van der Waals surface area contributed by atoms with Crippen LogP contribution in [0, 0.1) is 0 Å². The second kappa shape index (κ2) is 8.78. The summed E-state index contributed by atoms with van der Waals surface area (Å²) in [6, 6.07) is 20.9. The maximum atomic E-state index is 12.8. The van der Waals surface area contributed by atoms with Crippen molar-refractivity contribution >= 4 is 17.3 Å². The Balaban J connectivity index is 1.47. The second-order valence-electron chi connectivity index (χ2n) is 7.39. The molecule has 4 rings (SSSR count). The fourth-order valence-electron chi connectivity index (χ4n) is 3.72. The van der Waals surface area contributed by atoms with E-state index in [1.807, 2.05) is 54.6 Å². The molecule has 0 spiro atoms. The third-order valence-electron chi connectivity index (χ3n) is 5.31. The van der Waals surface area contributed by atoms with E-state index in [4.69, 9.17) is 0 Å². The Morgan fingerprint density at radius 1 is 0.862 bits per heavy atom. The lowest BCUT2D eigenvalue weighted by atomic mass is 10.1. The Kier molecular flexibility index (Phi) is 5.75. The molecule has 1 amide bonds. The van der Waals surface area contributed by atoms with Crippen LogP contribution in [0.3, 0.4) is 0 Å². The molecule has 0 radical (unpaired) electrons. The quantitative estimate of drug-likeness (QED) is 0.716. The van der Waals surface area contributed by atoms with Crippen LogP contribution in [0.25, 0.3) is 0 Å². The summed E-state index contributed by atoms with van der Waals surface area (Å²) in [6.45, 7) is 2.60. The molecule has 0 saturated carbocycles. The van der Waals surface area contributed by atoms with Crippen molar-refractivity contribution in [1.82, 2.24) is 4.57 Å². The lowest BCUT2D eigenvalue weighted by Gasteiger charge is -2.28. The van der Waals surface area contributed by atoms with Gasteiger partial charge in [-0.15, -0.1) is 0 Å². The number of amides is 1. The largest absolute Gasteiger partial charge is 0.372 e. The number of carbonyl (C=O) groups excluding carboxylic acids is 1. The topological polar surface area (TPSA) is 54.3 Å². The second-order valence-corrected chi connectivity index (χ2v) is 7.39. The fraction of sp³-hybridized carbons (Fsp3) is 0.250. The molecule has 2 aromatic carbocycles. The molecule has 1 aliphatic rings. The molecule has 3 aromatic rings. The molecule has 0 unspecified atom stereocenters. The number of benzene rings is 2. The summed E-state index contributed by atoms with van der Waals surface area (Å²) in [5, 5.41) is 2.85. The first-order chi connectivity index (χ1) is 14.2. The summed E-state index contributed by atoms with van der Waals surface area (Å²) in [7, 11) is 0. The van der Waals surface area contributed by atoms with Crippen LogP contribution in [0.15, 0.2) is 77.7 Å². The molecule has 1 fully saturated rings. The molecule has 2 heterocycles. The monoisotopic (exact) mass is 387 g/mol. The predicted molar refractivity (Wildman–Crippen MR) is 117 cm³/mol. The van der Waals surface area contributed by atoms with Crippen molar-refractivity contribution in [3.05, 3.63) is 94.4 Å². The molecule has 148 valence electrons. The van der Waals surface area contributed by atoms with Crippen molar-refractivity contribution in [3.63, 3.8) is 0 Å². The number of nitrogens with one attached hydrogen (secondary N) is 1. The van der Waals surface area contributed by atoms with Crippen LogP contribution >= 0.6 is 0 Å². The molecule has 29 heavy (non-hydrogen) atoms. The van der Waals surface area contributed by atoms with Crippen LogP contribution < -0.4 is 15.8 Å². The zero-order valence-corrected chi connectivity index (χ0v) is 16.4. The number of hydrogen-bond donors (Lipinski definition) is 1. The molecule has 0 aliphatic carbocycles. The van der Waals surface area contributed by atoms with Gasteiger partial charge in [0, 0.05) is 30.7 Å². The van der Waals surface area contributed by atoms with Crippen molar-refractivity contribution in [2.75, 3.05) is 23.3 Å². The van der Waals surface area contributed by atoms with Crippen LogP contribution in [-0.2, 0) is 6.54 Å². The van der Waals surface area contributed by atoms with Crippen LogP contribution in [0.4, 0.5) is 11.4 Å². The molecular weight excluding hydrogens is 362 g/mol. The summed E-state index contributed by atoms with van der Waals surface area (Å²) in [6.07, 6.45) is 5.45. The standard InChI is InChI=1S/C24H25N3O2/c28-23(25-20-11-13-21(14-12-20)26-15-5-2-6-16-26)22-10-7-17-27(24(22)29)18-19-8-3-1-4-9-19/h1,3-4,7-14,17H,2,5-6,15-16,18H2,(H,25,28). The number of hydrogen-bond acceptors (Lipinski definition) is 3. The number of carbonyl (C=O) groups is 1. The number of piperidine rings is 1.